The van der Waals surface area contributed by atoms with E-state index in [0.29, 0.717) is 18.2 Å². The second-order valence-electron chi connectivity index (χ2n) is 4.84. The van der Waals surface area contributed by atoms with Crippen LogP contribution in [0.25, 0.3) is 0 Å². The van der Waals surface area contributed by atoms with E-state index in [1.807, 2.05) is 4.90 Å². The van der Waals surface area contributed by atoms with E-state index in [1.54, 1.807) is 0 Å². The number of piperidine rings is 1. The lowest BCUT2D eigenvalue weighted by molar-refractivity contribution is -0.133. The van der Waals surface area contributed by atoms with Crippen LogP contribution in [0.5, 0.6) is 0 Å². The number of rotatable bonds is 4. The number of hydrogen-bond donors (Lipinski definition) is 1. The summed E-state index contributed by atoms with van der Waals surface area (Å²) in [5, 5.41) is 0. The van der Waals surface area contributed by atoms with Gasteiger partial charge >= 0.3 is 0 Å². The summed E-state index contributed by atoms with van der Waals surface area (Å²) in [7, 11) is 0. The van der Waals surface area contributed by atoms with Crippen molar-refractivity contribution in [2.45, 2.75) is 52.0 Å². The summed E-state index contributed by atoms with van der Waals surface area (Å²) in [6.45, 7) is 5.99. The molecule has 0 saturated carbocycles. The molecule has 1 fully saturated rings. The summed E-state index contributed by atoms with van der Waals surface area (Å²) in [6.07, 6.45) is 5.13. The Morgan fingerprint density at radius 1 is 1.60 bits per heavy atom. The second kappa shape index (κ2) is 6.11. The highest BCUT2D eigenvalue weighted by Crippen LogP contribution is 2.15. The van der Waals surface area contributed by atoms with Crippen molar-refractivity contribution in [3.05, 3.63) is 0 Å². The first-order valence-electron chi connectivity index (χ1n) is 6.16. The van der Waals surface area contributed by atoms with Gasteiger partial charge < -0.3 is 10.6 Å². The molecular weight excluding hydrogens is 188 g/mol. The first-order chi connectivity index (χ1) is 7.13. The maximum atomic E-state index is 11.9. The Morgan fingerprint density at radius 3 is 2.93 bits per heavy atom. The Labute approximate surface area is 93.0 Å². The molecule has 1 aliphatic rings. The molecule has 2 atom stereocenters. The zero-order chi connectivity index (χ0) is 11.3. The maximum Gasteiger partial charge on any atom is 0.222 e. The van der Waals surface area contributed by atoms with Crippen molar-refractivity contribution in [1.82, 2.24) is 4.90 Å². The highest BCUT2D eigenvalue weighted by Gasteiger charge is 2.21. The van der Waals surface area contributed by atoms with Gasteiger partial charge in [-0.15, -0.1) is 0 Å². The molecule has 0 bridgehead atoms. The molecular formula is C12H24N2O. The third-order valence-corrected chi connectivity index (χ3v) is 3.12. The highest BCUT2D eigenvalue weighted by molar-refractivity contribution is 5.76. The number of likely N-dealkylation sites (tertiary alicyclic amines) is 1. The number of amides is 1. The van der Waals surface area contributed by atoms with Crippen molar-refractivity contribution in [3.63, 3.8) is 0 Å². The number of hydrogen-bond acceptors (Lipinski definition) is 2. The molecule has 0 aromatic rings. The molecule has 0 spiro atoms. The molecule has 1 amide bonds. The molecule has 15 heavy (non-hydrogen) atoms. The van der Waals surface area contributed by atoms with Crippen LogP contribution in [0.2, 0.25) is 0 Å². The van der Waals surface area contributed by atoms with Gasteiger partial charge in [-0.1, -0.05) is 26.7 Å². The van der Waals surface area contributed by atoms with Gasteiger partial charge in [-0.05, 0) is 18.8 Å². The Balaban J connectivity index is 2.32. The first kappa shape index (κ1) is 12.5. The molecule has 0 radical (unpaired) electrons. The SMILES string of the molecule is CCCC(C)CC(=O)N1CCCC(N)C1. The highest BCUT2D eigenvalue weighted by atomic mass is 16.2. The van der Waals surface area contributed by atoms with Crippen molar-refractivity contribution >= 4 is 5.91 Å². The minimum atomic E-state index is 0.198. The van der Waals surface area contributed by atoms with Crippen molar-refractivity contribution in [2.75, 3.05) is 13.1 Å². The molecule has 2 N–H and O–H groups in total. The largest absolute Gasteiger partial charge is 0.341 e. The van der Waals surface area contributed by atoms with Crippen LogP contribution in [0, 0.1) is 5.92 Å². The zero-order valence-electron chi connectivity index (χ0n) is 10.0. The van der Waals surface area contributed by atoms with Crippen LogP contribution in [0.1, 0.15) is 46.0 Å². The Kier molecular flexibility index (Phi) is 5.09. The van der Waals surface area contributed by atoms with Gasteiger partial charge in [0.2, 0.25) is 5.91 Å². The van der Waals surface area contributed by atoms with E-state index in [2.05, 4.69) is 13.8 Å². The van der Waals surface area contributed by atoms with Gasteiger partial charge in [-0.2, -0.15) is 0 Å². The molecule has 1 heterocycles. The fourth-order valence-electron chi connectivity index (χ4n) is 2.26. The predicted molar refractivity (Wildman–Crippen MR) is 62.5 cm³/mol. The number of nitrogens with two attached hydrogens (primary N) is 1. The Hall–Kier alpha value is -0.570. The van der Waals surface area contributed by atoms with Gasteiger partial charge in [-0.25, -0.2) is 0 Å². The summed E-state index contributed by atoms with van der Waals surface area (Å²) in [4.78, 5) is 13.8. The average molecular weight is 212 g/mol. The van der Waals surface area contributed by atoms with E-state index < -0.39 is 0 Å². The van der Waals surface area contributed by atoms with E-state index in [9.17, 15) is 4.79 Å². The first-order valence-corrected chi connectivity index (χ1v) is 6.16. The summed E-state index contributed by atoms with van der Waals surface area (Å²) in [5.74, 6) is 0.812. The molecule has 1 aliphatic heterocycles. The summed E-state index contributed by atoms with van der Waals surface area (Å²) >= 11 is 0. The number of carbonyl (C=O) groups is 1. The number of carbonyl (C=O) groups excluding carboxylic acids is 1. The fraction of sp³-hybridized carbons (Fsp3) is 0.917. The topological polar surface area (TPSA) is 46.3 Å². The molecule has 2 unspecified atom stereocenters. The van der Waals surface area contributed by atoms with Gasteiger partial charge in [0, 0.05) is 25.6 Å². The van der Waals surface area contributed by atoms with E-state index in [1.165, 1.54) is 0 Å². The van der Waals surface area contributed by atoms with Crippen LogP contribution >= 0.6 is 0 Å². The van der Waals surface area contributed by atoms with E-state index in [4.69, 9.17) is 5.73 Å². The molecule has 3 nitrogen and oxygen atoms in total. The molecule has 0 aliphatic carbocycles. The maximum absolute atomic E-state index is 11.9. The van der Waals surface area contributed by atoms with Crippen LogP contribution in [0.15, 0.2) is 0 Å². The molecule has 0 aromatic heterocycles. The predicted octanol–water partition coefficient (Wildman–Crippen LogP) is 1.76. The molecule has 1 rings (SSSR count). The lowest BCUT2D eigenvalue weighted by atomic mass is 10.00. The monoisotopic (exact) mass is 212 g/mol. The molecule has 1 saturated heterocycles. The van der Waals surface area contributed by atoms with Gasteiger partial charge in [0.1, 0.15) is 0 Å². The van der Waals surface area contributed by atoms with Gasteiger partial charge in [0.15, 0.2) is 0 Å². The van der Waals surface area contributed by atoms with Gasteiger partial charge in [0.25, 0.3) is 0 Å². The summed E-state index contributed by atoms with van der Waals surface area (Å²) in [6, 6.07) is 0.198. The molecule has 88 valence electrons. The molecule has 3 heteroatoms. The fourth-order valence-corrected chi connectivity index (χ4v) is 2.26. The minimum absolute atomic E-state index is 0.198. The van der Waals surface area contributed by atoms with Gasteiger partial charge in [0.05, 0.1) is 0 Å². The van der Waals surface area contributed by atoms with Crippen molar-refractivity contribution in [1.29, 1.82) is 0 Å². The summed E-state index contributed by atoms with van der Waals surface area (Å²) < 4.78 is 0. The van der Waals surface area contributed by atoms with E-state index in [-0.39, 0.29) is 6.04 Å². The zero-order valence-corrected chi connectivity index (χ0v) is 10.0. The third-order valence-electron chi connectivity index (χ3n) is 3.12. The standard InChI is InChI=1S/C12H24N2O/c1-3-5-10(2)8-12(15)14-7-4-6-11(13)9-14/h10-11H,3-9,13H2,1-2H3. The Morgan fingerprint density at radius 2 is 2.33 bits per heavy atom. The quantitative estimate of drug-likeness (QED) is 0.772. The van der Waals surface area contributed by atoms with Crippen LogP contribution in [0.3, 0.4) is 0 Å². The lowest BCUT2D eigenvalue weighted by Gasteiger charge is -2.31. The van der Waals surface area contributed by atoms with E-state index >= 15 is 0 Å². The third kappa shape index (κ3) is 4.20. The smallest absolute Gasteiger partial charge is 0.222 e. The van der Waals surface area contributed by atoms with Crippen molar-refractivity contribution < 1.29 is 4.79 Å². The Bertz CT molecular complexity index is 206. The average Bonchev–Trinajstić information content (AvgIpc) is 2.18. The summed E-state index contributed by atoms with van der Waals surface area (Å²) in [5.41, 5.74) is 5.86. The molecule has 0 aromatic carbocycles. The minimum Gasteiger partial charge on any atom is -0.341 e. The second-order valence-corrected chi connectivity index (χ2v) is 4.84. The van der Waals surface area contributed by atoms with Crippen molar-refractivity contribution in [2.24, 2.45) is 11.7 Å². The lowest BCUT2D eigenvalue weighted by Crippen LogP contribution is -2.46. The number of nitrogens with zero attached hydrogens (tertiary/aromatic N) is 1. The van der Waals surface area contributed by atoms with Crippen LogP contribution < -0.4 is 5.73 Å². The van der Waals surface area contributed by atoms with Crippen LogP contribution in [-0.2, 0) is 4.79 Å². The van der Waals surface area contributed by atoms with E-state index in [0.717, 1.165) is 38.8 Å². The van der Waals surface area contributed by atoms with Crippen molar-refractivity contribution in [3.8, 4) is 0 Å². The normalized spacial score (nSPS) is 23.9. The van der Waals surface area contributed by atoms with Gasteiger partial charge in [-0.3, -0.25) is 4.79 Å². The van der Waals surface area contributed by atoms with Crippen LogP contribution in [0.4, 0.5) is 0 Å². The van der Waals surface area contributed by atoms with Crippen LogP contribution in [-0.4, -0.2) is 29.9 Å².